The number of phenolic OH excluding ortho intramolecular Hbond substituents is 1. The van der Waals surface area contributed by atoms with Crippen LogP contribution in [-0.4, -0.2) is 26.6 Å². The number of nitrogens with zero attached hydrogens (tertiary/aromatic N) is 2. The molecule has 6 nitrogen and oxygen atoms in total. The number of rotatable bonds is 8. The van der Waals surface area contributed by atoms with Crippen molar-refractivity contribution in [1.29, 1.82) is 5.41 Å². The third-order valence-corrected chi connectivity index (χ3v) is 7.05. The van der Waals surface area contributed by atoms with E-state index >= 15 is 0 Å². The zero-order valence-corrected chi connectivity index (χ0v) is 24.3. The molecular formula is C33H41N3O3. The van der Waals surface area contributed by atoms with Crippen LogP contribution in [0.3, 0.4) is 0 Å². The van der Waals surface area contributed by atoms with Crippen molar-refractivity contribution in [3.63, 3.8) is 0 Å². The van der Waals surface area contributed by atoms with Crippen LogP contribution in [-0.2, 0) is 23.9 Å². The second-order valence-corrected chi connectivity index (χ2v) is 12.3. The Morgan fingerprint density at radius 1 is 0.872 bits per heavy atom. The number of carbonyl (C=O) groups is 1. The van der Waals surface area contributed by atoms with Crippen LogP contribution in [0, 0.1) is 5.41 Å². The highest BCUT2D eigenvalue weighted by atomic mass is 16.5. The molecule has 4 aromatic rings. The summed E-state index contributed by atoms with van der Waals surface area (Å²) >= 11 is 0. The van der Waals surface area contributed by atoms with Gasteiger partial charge in [0, 0.05) is 22.8 Å². The Bertz CT molecular complexity index is 1510. The number of hydrogen-bond donors (Lipinski definition) is 2. The number of Topliss-reactive ketones (excluding diaryl/α,β-unsaturated/α-hetero) is 1. The van der Waals surface area contributed by atoms with Crippen LogP contribution in [0.5, 0.6) is 11.5 Å². The largest absolute Gasteiger partial charge is 0.507 e. The monoisotopic (exact) mass is 527 g/mol. The molecule has 0 saturated heterocycles. The van der Waals surface area contributed by atoms with Gasteiger partial charge in [0.05, 0.1) is 30.7 Å². The van der Waals surface area contributed by atoms with Crippen LogP contribution < -0.4 is 10.4 Å². The minimum atomic E-state index is -0.339. The van der Waals surface area contributed by atoms with E-state index in [0.29, 0.717) is 18.7 Å². The molecule has 206 valence electrons. The van der Waals surface area contributed by atoms with E-state index in [9.17, 15) is 9.90 Å². The van der Waals surface area contributed by atoms with Crippen molar-refractivity contribution >= 4 is 16.8 Å². The first-order valence-corrected chi connectivity index (χ1v) is 13.7. The van der Waals surface area contributed by atoms with E-state index in [2.05, 4.69) is 6.92 Å². The summed E-state index contributed by atoms with van der Waals surface area (Å²) in [7, 11) is 0. The molecule has 39 heavy (non-hydrogen) atoms. The Morgan fingerprint density at radius 2 is 1.49 bits per heavy atom. The zero-order chi connectivity index (χ0) is 28.5. The molecule has 0 unspecified atom stereocenters. The predicted molar refractivity (Wildman–Crippen MR) is 157 cm³/mol. The maximum absolute atomic E-state index is 13.8. The topological polar surface area (TPSA) is 80.2 Å². The number of carbonyl (C=O) groups excluding carboxylic acids is 1. The van der Waals surface area contributed by atoms with Gasteiger partial charge in [-0.2, -0.15) is 0 Å². The van der Waals surface area contributed by atoms with Gasteiger partial charge in [0.2, 0.25) is 5.62 Å². The molecule has 0 fully saturated rings. The number of nitrogens with one attached hydrogen (secondary N) is 1. The lowest BCUT2D eigenvalue weighted by Crippen LogP contribution is -2.28. The van der Waals surface area contributed by atoms with Crippen LogP contribution in [0.4, 0.5) is 0 Å². The molecule has 1 heterocycles. The Morgan fingerprint density at radius 3 is 2.05 bits per heavy atom. The number of fused-ring (bicyclic) bond motifs is 1. The third-order valence-electron chi connectivity index (χ3n) is 7.05. The van der Waals surface area contributed by atoms with Crippen LogP contribution in [0.1, 0.15) is 81.9 Å². The van der Waals surface area contributed by atoms with Gasteiger partial charge in [0.1, 0.15) is 11.5 Å². The predicted octanol–water partition coefficient (Wildman–Crippen LogP) is 6.94. The highest BCUT2D eigenvalue weighted by Gasteiger charge is 2.28. The van der Waals surface area contributed by atoms with Crippen molar-refractivity contribution < 1.29 is 14.6 Å². The first kappa shape index (κ1) is 28.2. The molecule has 0 aliphatic rings. The van der Waals surface area contributed by atoms with E-state index in [1.54, 1.807) is 4.57 Å². The fourth-order valence-electron chi connectivity index (χ4n) is 4.89. The van der Waals surface area contributed by atoms with Gasteiger partial charge in [-0.1, -0.05) is 78.8 Å². The van der Waals surface area contributed by atoms with Gasteiger partial charge >= 0.3 is 0 Å². The summed E-state index contributed by atoms with van der Waals surface area (Å²) < 4.78 is 9.59. The SMILES string of the molecule is CCCOc1ccc2c(c1)n(Cc1ccccc1)c(=N)n2CC(=O)c1cc(C(C)(C)C)c(O)c(C(C)(C)C)c1. The normalized spacial score (nSPS) is 12.2. The second-order valence-electron chi connectivity index (χ2n) is 12.3. The number of aromatic nitrogens is 2. The van der Waals surface area contributed by atoms with Gasteiger partial charge in [-0.05, 0) is 47.1 Å². The minimum absolute atomic E-state index is 0.0181. The summed E-state index contributed by atoms with van der Waals surface area (Å²) in [5.74, 6) is 0.895. The maximum atomic E-state index is 13.8. The number of ether oxygens (including phenoxy) is 1. The van der Waals surface area contributed by atoms with Crippen LogP contribution in [0.2, 0.25) is 0 Å². The Hall–Kier alpha value is -3.80. The fraction of sp³-hybridized carbons (Fsp3) is 0.394. The molecule has 0 aliphatic carbocycles. The summed E-state index contributed by atoms with van der Waals surface area (Å²) in [4.78, 5) is 13.8. The summed E-state index contributed by atoms with van der Waals surface area (Å²) in [6.07, 6.45) is 0.904. The van der Waals surface area contributed by atoms with Crippen molar-refractivity contribution in [3.05, 3.63) is 88.5 Å². The van der Waals surface area contributed by atoms with Crippen molar-refractivity contribution in [2.45, 2.75) is 78.8 Å². The average molecular weight is 528 g/mol. The lowest BCUT2D eigenvalue weighted by molar-refractivity contribution is 0.0971. The lowest BCUT2D eigenvalue weighted by atomic mass is 9.78. The van der Waals surface area contributed by atoms with Gasteiger partial charge < -0.3 is 19.0 Å². The van der Waals surface area contributed by atoms with Gasteiger partial charge in [0.15, 0.2) is 5.78 Å². The molecule has 0 amide bonds. The Kier molecular flexibility index (Phi) is 7.78. The van der Waals surface area contributed by atoms with Crippen molar-refractivity contribution in [1.82, 2.24) is 9.13 Å². The third kappa shape index (κ3) is 5.95. The highest BCUT2D eigenvalue weighted by molar-refractivity contribution is 5.97. The number of imidazole rings is 1. The van der Waals surface area contributed by atoms with E-state index in [1.165, 1.54) is 0 Å². The number of benzene rings is 3. The molecule has 0 bridgehead atoms. The van der Waals surface area contributed by atoms with E-state index in [0.717, 1.165) is 39.9 Å². The maximum Gasteiger partial charge on any atom is 0.203 e. The fourth-order valence-corrected chi connectivity index (χ4v) is 4.89. The Labute approximate surface area is 231 Å². The number of phenols is 1. The van der Waals surface area contributed by atoms with E-state index in [4.69, 9.17) is 10.1 Å². The quantitative estimate of drug-likeness (QED) is 0.244. The summed E-state index contributed by atoms with van der Waals surface area (Å²) in [5.41, 5.74) is 4.34. The highest BCUT2D eigenvalue weighted by Crippen LogP contribution is 2.40. The Balaban J connectivity index is 1.82. The lowest BCUT2D eigenvalue weighted by Gasteiger charge is -2.28. The molecule has 0 aliphatic heterocycles. The van der Waals surface area contributed by atoms with E-state index < -0.39 is 0 Å². The standard InChI is InChI=1S/C33H41N3O3/c1-8-16-39-24-14-15-27-28(19-24)35(20-22-12-10-9-11-13-22)31(34)36(27)21-29(37)23-17-25(32(2,3)4)30(38)26(18-23)33(5,6)7/h9-15,17-19,34,38H,8,16,20-21H2,1-7H3. The molecule has 6 heteroatoms. The van der Waals surface area contributed by atoms with Crippen LogP contribution >= 0.6 is 0 Å². The van der Waals surface area contributed by atoms with Gasteiger partial charge in [-0.15, -0.1) is 0 Å². The average Bonchev–Trinajstić information content (AvgIpc) is 3.12. The molecule has 0 atom stereocenters. The zero-order valence-electron chi connectivity index (χ0n) is 24.3. The van der Waals surface area contributed by atoms with Crippen LogP contribution in [0.15, 0.2) is 60.7 Å². The first-order chi connectivity index (χ1) is 18.3. The van der Waals surface area contributed by atoms with Crippen LogP contribution in [0.25, 0.3) is 11.0 Å². The molecule has 1 aromatic heterocycles. The smallest absolute Gasteiger partial charge is 0.203 e. The molecule has 3 aromatic carbocycles. The molecule has 0 saturated carbocycles. The summed E-state index contributed by atoms with van der Waals surface area (Å²) in [6, 6.07) is 19.5. The molecule has 0 radical (unpaired) electrons. The number of aromatic hydroxyl groups is 1. The van der Waals surface area contributed by atoms with E-state index in [1.807, 2.05) is 107 Å². The van der Waals surface area contributed by atoms with Crippen molar-refractivity contribution in [2.75, 3.05) is 6.61 Å². The number of ketones is 1. The summed E-state index contributed by atoms with van der Waals surface area (Å²) in [6.45, 7) is 15.4. The van der Waals surface area contributed by atoms with E-state index in [-0.39, 0.29) is 34.5 Å². The molecule has 4 rings (SSSR count). The molecular weight excluding hydrogens is 486 g/mol. The minimum Gasteiger partial charge on any atom is -0.507 e. The second kappa shape index (κ2) is 10.8. The van der Waals surface area contributed by atoms with Gasteiger partial charge in [-0.25, -0.2) is 0 Å². The van der Waals surface area contributed by atoms with Gasteiger partial charge in [-0.3, -0.25) is 10.2 Å². The molecule has 2 N–H and O–H groups in total. The summed E-state index contributed by atoms with van der Waals surface area (Å²) in [5, 5.41) is 20.2. The van der Waals surface area contributed by atoms with Gasteiger partial charge in [0.25, 0.3) is 0 Å². The molecule has 0 spiro atoms. The number of hydrogen-bond acceptors (Lipinski definition) is 4. The first-order valence-electron chi connectivity index (χ1n) is 13.7. The van der Waals surface area contributed by atoms with Crippen molar-refractivity contribution in [3.8, 4) is 11.5 Å². The van der Waals surface area contributed by atoms with Crippen molar-refractivity contribution in [2.24, 2.45) is 0 Å².